The molecule has 1 aromatic carbocycles. The highest BCUT2D eigenvalue weighted by molar-refractivity contribution is 6.34. The Balaban J connectivity index is 2.57. The maximum absolute atomic E-state index is 13.0. The second-order valence-corrected chi connectivity index (χ2v) is 3.56. The first-order valence-corrected chi connectivity index (χ1v) is 4.71. The second kappa shape index (κ2) is 2.90. The maximum atomic E-state index is 13.0. The van der Waals surface area contributed by atoms with Gasteiger partial charge < -0.3 is 4.98 Å². The molecule has 0 aliphatic carbocycles. The van der Waals surface area contributed by atoms with Gasteiger partial charge in [-0.1, -0.05) is 11.6 Å². The molecule has 0 aliphatic rings. The van der Waals surface area contributed by atoms with Gasteiger partial charge in [0.1, 0.15) is 23.2 Å². The van der Waals surface area contributed by atoms with Crippen molar-refractivity contribution in [1.82, 2.24) is 15.0 Å². The van der Waals surface area contributed by atoms with E-state index in [-0.39, 0.29) is 5.82 Å². The first-order chi connectivity index (χ1) is 7.25. The third-order valence-electron chi connectivity index (χ3n) is 2.30. The van der Waals surface area contributed by atoms with E-state index in [1.807, 2.05) is 0 Å². The number of rotatable bonds is 0. The van der Waals surface area contributed by atoms with Gasteiger partial charge in [0.2, 0.25) is 0 Å². The van der Waals surface area contributed by atoms with Crippen molar-refractivity contribution >= 4 is 33.5 Å². The zero-order valence-corrected chi connectivity index (χ0v) is 8.22. The molecule has 0 unspecified atom stereocenters. The molecule has 3 nitrogen and oxygen atoms in total. The van der Waals surface area contributed by atoms with Crippen molar-refractivity contribution in [2.45, 2.75) is 0 Å². The lowest BCUT2D eigenvalue weighted by molar-refractivity contribution is 0.629. The minimum absolute atomic E-state index is 0.293. The van der Waals surface area contributed by atoms with E-state index in [9.17, 15) is 4.39 Å². The number of fused-ring (bicyclic) bond motifs is 3. The normalized spacial score (nSPS) is 11.3. The molecule has 3 aromatic rings. The minimum Gasteiger partial charge on any atom is -0.351 e. The zero-order chi connectivity index (χ0) is 10.4. The molecule has 0 aliphatic heterocycles. The number of hydrogen-bond donors (Lipinski definition) is 1. The van der Waals surface area contributed by atoms with Crippen LogP contribution in [-0.2, 0) is 0 Å². The van der Waals surface area contributed by atoms with E-state index >= 15 is 0 Å². The number of nitrogens with one attached hydrogen (secondary N) is 1. The predicted molar refractivity (Wildman–Crippen MR) is 56.4 cm³/mol. The number of benzene rings is 1. The smallest absolute Gasteiger partial charge is 0.156 e. The van der Waals surface area contributed by atoms with Crippen LogP contribution in [0, 0.1) is 5.82 Å². The van der Waals surface area contributed by atoms with Gasteiger partial charge >= 0.3 is 0 Å². The molecule has 0 amide bonds. The summed E-state index contributed by atoms with van der Waals surface area (Å²) in [6.07, 6.45) is 1.39. The summed E-state index contributed by atoms with van der Waals surface area (Å²) in [5.74, 6) is -0.293. The van der Waals surface area contributed by atoms with Crippen molar-refractivity contribution in [1.29, 1.82) is 0 Å². The Hall–Kier alpha value is -1.68. The molecule has 0 atom stereocenters. The minimum atomic E-state index is -0.293. The van der Waals surface area contributed by atoms with Crippen LogP contribution in [0.1, 0.15) is 0 Å². The molecule has 0 radical (unpaired) electrons. The Bertz CT molecular complexity index is 662. The quantitative estimate of drug-likeness (QED) is 0.593. The monoisotopic (exact) mass is 221 g/mol. The molecule has 0 spiro atoms. The summed E-state index contributed by atoms with van der Waals surface area (Å²) in [6.45, 7) is 0. The SMILES string of the molecule is Fc1ccc2c(c1)[nH]c1c(Cl)ncnc12. The van der Waals surface area contributed by atoms with Gasteiger partial charge in [0.05, 0.1) is 5.52 Å². The Morgan fingerprint density at radius 2 is 2.13 bits per heavy atom. The number of nitrogens with zero attached hydrogens (tertiary/aromatic N) is 2. The fourth-order valence-electron chi connectivity index (χ4n) is 1.64. The molecule has 0 saturated heterocycles. The molecule has 0 saturated carbocycles. The van der Waals surface area contributed by atoms with Crippen LogP contribution in [0.3, 0.4) is 0 Å². The molecule has 3 rings (SSSR count). The third kappa shape index (κ3) is 1.18. The largest absolute Gasteiger partial charge is 0.351 e. The van der Waals surface area contributed by atoms with Crippen LogP contribution in [0.2, 0.25) is 5.15 Å². The molecule has 0 bridgehead atoms. The van der Waals surface area contributed by atoms with Crippen LogP contribution in [0.4, 0.5) is 4.39 Å². The Morgan fingerprint density at radius 3 is 3.00 bits per heavy atom. The van der Waals surface area contributed by atoms with Gasteiger partial charge in [-0.15, -0.1) is 0 Å². The second-order valence-electron chi connectivity index (χ2n) is 3.20. The van der Waals surface area contributed by atoms with E-state index in [1.54, 1.807) is 6.07 Å². The lowest BCUT2D eigenvalue weighted by atomic mass is 10.2. The van der Waals surface area contributed by atoms with Gasteiger partial charge in [-0.2, -0.15) is 0 Å². The molecule has 5 heteroatoms. The van der Waals surface area contributed by atoms with E-state index in [0.717, 1.165) is 5.39 Å². The van der Waals surface area contributed by atoms with Crippen molar-refractivity contribution in [3.05, 3.63) is 35.5 Å². The fourth-order valence-corrected chi connectivity index (χ4v) is 1.82. The van der Waals surface area contributed by atoms with Crippen molar-refractivity contribution in [2.75, 3.05) is 0 Å². The lowest BCUT2D eigenvalue weighted by Crippen LogP contribution is -1.79. The van der Waals surface area contributed by atoms with Crippen LogP contribution in [0.15, 0.2) is 24.5 Å². The maximum Gasteiger partial charge on any atom is 0.156 e. The lowest BCUT2D eigenvalue weighted by Gasteiger charge is -1.90. The Labute approximate surface area is 88.9 Å². The van der Waals surface area contributed by atoms with Gasteiger partial charge in [-0.3, -0.25) is 0 Å². The van der Waals surface area contributed by atoms with Crippen molar-refractivity contribution in [3.63, 3.8) is 0 Å². The van der Waals surface area contributed by atoms with E-state index in [2.05, 4.69) is 15.0 Å². The zero-order valence-electron chi connectivity index (χ0n) is 7.46. The van der Waals surface area contributed by atoms with Crippen molar-refractivity contribution < 1.29 is 4.39 Å². The number of hydrogen-bond acceptors (Lipinski definition) is 2. The predicted octanol–water partition coefficient (Wildman–Crippen LogP) is 2.90. The summed E-state index contributed by atoms with van der Waals surface area (Å²) >= 11 is 5.89. The van der Waals surface area contributed by atoms with E-state index in [1.165, 1.54) is 18.5 Å². The summed E-state index contributed by atoms with van der Waals surface area (Å²) < 4.78 is 13.0. The van der Waals surface area contributed by atoms with Gasteiger partial charge in [0, 0.05) is 5.39 Å². The first-order valence-electron chi connectivity index (χ1n) is 4.33. The molecular formula is C10H5ClFN3. The van der Waals surface area contributed by atoms with Gasteiger partial charge in [-0.25, -0.2) is 14.4 Å². The summed E-state index contributed by atoms with van der Waals surface area (Å²) in [4.78, 5) is 11.0. The van der Waals surface area contributed by atoms with E-state index in [4.69, 9.17) is 11.6 Å². The highest BCUT2D eigenvalue weighted by atomic mass is 35.5. The Kier molecular flexibility index (Phi) is 1.67. The van der Waals surface area contributed by atoms with E-state index in [0.29, 0.717) is 21.7 Å². The molecule has 0 fully saturated rings. The molecule has 1 N–H and O–H groups in total. The average molecular weight is 222 g/mol. The average Bonchev–Trinajstić information content (AvgIpc) is 2.57. The highest BCUT2D eigenvalue weighted by Crippen LogP contribution is 2.27. The number of aromatic amines is 1. The molecule has 74 valence electrons. The van der Waals surface area contributed by atoms with Gasteiger partial charge in [-0.05, 0) is 18.2 Å². The summed E-state index contributed by atoms with van der Waals surface area (Å²) in [6, 6.07) is 4.48. The highest BCUT2D eigenvalue weighted by Gasteiger charge is 2.09. The van der Waals surface area contributed by atoms with Crippen LogP contribution in [0.25, 0.3) is 21.9 Å². The molecule has 2 heterocycles. The van der Waals surface area contributed by atoms with Crippen LogP contribution < -0.4 is 0 Å². The van der Waals surface area contributed by atoms with E-state index < -0.39 is 0 Å². The topological polar surface area (TPSA) is 41.6 Å². The Morgan fingerprint density at radius 1 is 1.27 bits per heavy atom. The summed E-state index contributed by atoms with van der Waals surface area (Å²) in [5, 5.41) is 1.19. The molecule has 15 heavy (non-hydrogen) atoms. The summed E-state index contributed by atoms with van der Waals surface area (Å²) in [7, 11) is 0. The molecular weight excluding hydrogens is 217 g/mol. The molecule has 2 aromatic heterocycles. The van der Waals surface area contributed by atoms with Crippen LogP contribution in [-0.4, -0.2) is 15.0 Å². The summed E-state index contributed by atoms with van der Waals surface area (Å²) in [5.41, 5.74) is 2.03. The third-order valence-corrected chi connectivity index (χ3v) is 2.58. The van der Waals surface area contributed by atoms with Gasteiger partial charge in [0.15, 0.2) is 5.15 Å². The number of halogens is 2. The standard InChI is InChI=1S/C10H5ClFN3/c11-10-9-8(13-4-14-10)6-2-1-5(12)3-7(6)15-9/h1-4,15H. The van der Waals surface area contributed by atoms with Crippen molar-refractivity contribution in [2.24, 2.45) is 0 Å². The van der Waals surface area contributed by atoms with Crippen LogP contribution >= 0.6 is 11.6 Å². The van der Waals surface area contributed by atoms with Crippen molar-refractivity contribution in [3.8, 4) is 0 Å². The number of H-pyrrole nitrogens is 1. The van der Waals surface area contributed by atoms with Gasteiger partial charge in [0.25, 0.3) is 0 Å². The fraction of sp³-hybridized carbons (Fsp3) is 0. The first kappa shape index (κ1) is 8.61. The van der Waals surface area contributed by atoms with Crippen LogP contribution in [0.5, 0.6) is 0 Å². The number of aromatic nitrogens is 3.